The standard InChI is InChI=1S/C21H21FN4O/c1-2-15-5-9-18(10-6-15)26-21(27)19-13-25-20(14-24-19)23-12-11-16-3-7-17(22)8-4-16/h3-10,13-14H,2,11-12H2,1H3,(H,23,25)(H,26,27). The first-order chi connectivity index (χ1) is 13.1. The molecular formula is C21H21FN4O. The van der Waals surface area contributed by atoms with Crippen LogP contribution in [0.2, 0.25) is 0 Å². The summed E-state index contributed by atoms with van der Waals surface area (Å²) in [6.45, 7) is 2.72. The van der Waals surface area contributed by atoms with Crippen molar-refractivity contribution in [3.8, 4) is 0 Å². The Morgan fingerprint density at radius 3 is 2.30 bits per heavy atom. The van der Waals surface area contributed by atoms with Gasteiger partial charge in [-0.15, -0.1) is 0 Å². The number of hydrogen-bond acceptors (Lipinski definition) is 4. The maximum Gasteiger partial charge on any atom is 0.275 e. The lowest BCUT2D eigenvalue weighted by Crippen LogP contribution is -2.15. The van der Waals surface area contributed by atoms with Gasteiger partial charge in [-0.1, -0.05) is 31.2 Å². The summed E-state index contributed by atoms with van der Waals surface area (Å²) in [5.41, 5.74) is 3.21. The van der Waals surface area contributed by atoms with Crippen LogP contribution in [0.5, 0.6) is 0 Å². The van der Waals surface area contributed by atoms with Crippen LogP contribution in [-0.4, -0.2) is 22.4 Å². The van der Waals surface area contributed by atoms with E-state index in [0.717, 1.165) is 24.1 Å². The number of amides is 1. The number of rotatable bonds is 7. The van der Waals surface area contributed by atoms with Gasteiger partial charge in [0.15, 0.2) is 0 Å². The molecule has 0 atom stereocenters. The molecule has 2 N–H and O–H groups in total. The molecule has 0 fully saturated rings. The average Bonchev–Trinajstić information content (AvgIpc) is 2.70. The predicted octanol–water partition coefficient (Wildman–Crippen LogP) is 4.09. The second-order valence-corrected chi connectivity index (χ2v) is 6.09. The average molecular weight is 364 g/mol. The third-order valence-corrected chi connectivity index (χ3v) is 4.14. The van der Waals surface area contributed by atoms with Crippen molar-refractivity contribution >= 4 is 17.4 Å². The van der Waals surface area contributed by atoms with Crippen LogP contribution in [0.1, 0.15) is 28.5 Å². The molecular weight excluding hydrogens is 343 g/mol. The van der Waals surface area contributed by atoms with E-state index in [0.29, 0.717) is 12.4 Å². The van der Waals surface area contributed by atoms with E-state index in [-0.39, 0.29) is 17.4 Å². The zero-order chi connectivity index (χ0) is 19.1. The Balaban J connectivity index is 1.51. The number of nitrogens with one attached hydrogen (secondary N) is 2. The van der Waals surface area contributed by atoms with Crippen LogP contribution in [0.15, 0.2) is 60.9 Å². The maximum atomic E-state index is 12.9. The van der Waals surface area contributed by atoms with E-state index >= 15 is 0 Å². The molecule has 1 aromatic heterocycles. The fourth-order valence-electron chi connectivity index (χ4n) is 2.54. The van der Waals surface area contributed by atoms with E-state index in [1.54, 1.807) is 12.1 Å². The van der Waals surface area contributed by atoms with Crippen molar-refractivity contribution < 1.29 is 9.18 Å². The summed E-state index contributed by atoms with van der Waals surface area (Å²) in [5, 5.41) is 5.94. The molecule has 3 rings (SSSR count). The molecule has 0 aliphatic heterocycles. The van der Waals surface area contributed by atoms with E-state index in [1.165, 1.54) is 30.1 Å². The lowest BCUT2D eigenvalue weighted by molar-refractivity contribution is 0.102. The van der Waals surface area contributed by atoms with Gasteiger partial charge in [-0.05, 0) is 48.2 Å². The van der Waals surface area contributed by atoms with Crippen molar-refractivity contribution in [2.45, 2.75) is 19.8 Å². The molecule has 138 valence electrons. The number of aromatic nitrogens is 2. The summed E-state index contributed by atoms with van der Waals surface area (Å²) >= 11 is 0. The van der Waals surface area contributed by atoms with Gasteiger partial charge in [-0.25, -0.2) is 14.4 Å². The van der Waals surface area contributed by atoms with Crippen LogP contribution in [0.25, 0.3) is 0 Å². The molecule has 0 radical (unpaired) electrons. The summed E-state index contributed by atoms with van der Waals surface area (Å²) in [6, 6.07) is 14.1. The largest absolute Gasteiger partial charge is 0.368 e. The molecule has 0 aliphatic carbocycles. The normalized spacial score (nSPS) is 10.4. The lowest BCUT2D eigenvalue weighted by Gasteiger charge is -2.07. The number of nitrogens with zero attached hydrogens (tertiary/aromatic N) is 2. The molecule has 2 aromatic carbocycles. The van der Waals surface area contributed by atoms with Gasteiger partial charge in [-0.2, -0.15) is 0 Å². The maximum absolute atomic E-state index is 12.9. The van der Waals surface area contributed by atoms with E-state index in [4.69, 9.17) is 0 Å². The molecule has 0 spiro atoms. The molecule has 1 heterocycles. The second kappa shape index (κ2) is 8.89. The van der Waals surface area contributed by atoms with Gasteiger partial charge in [0.2, 0.25) is 0 Å². The summed E-state index contributed by atoms with van der Waals surface area (Å²) in [4.78, 5) is 20.6. The molecule has 6 heteroatoms. The van der Waals surface area contributed by atoms with Gasteiger partial charge < -0.3 is 10.6 Å². The summed E-state index contributed by atoms with van der Waals surface area (Å²) in [7, 11) is 0. The third-order valence-electron chi connectivity index (χ3n) is 4.14. The fraction of sp³-hybridized carbons (Fsp3) is 0.190. The minimum absolute atomic E-state index is 0.243. The van der Waals surface area contributed by atoms with Gasteiger partial charge in [0, 0.05) is 12.2 Å². The van der Waals surface area contributed by atoms with Crippen LogP contribution >= 0.6 is 0 Å². The Bertz CT molecular complexity index is 878. The Hall–Kier alpha value is -3.28. The SMILES string of the molecule is CCc1ccc(NC(=O)c2cnc(NCCc3ccc(F)cc3)cn2)cc1. The van der Waals surface area contributed by atoms with Gasteiger partial charge in [0.25, 0.3) is 5.91 Å². The number of carbonyl (C=O) groups is 1. The van der Waals surface area contributed by atoms with Crippen molar-refractivity contribution in [2.24, 2.45) is 0 Å². The monoisotopic (exact) mass is 364 g/mol. The summed E-state index contributed by atoms with van der Waals surface area (Å²) in [5.74, 6) is 0.0401. The Kier molecular flexibility index (Phi) is 6.10. The number of hydrogen-bond donors (Lipinski definition) is 2. The van der Waals surface area contributed by atoms with Crippen LogP contribution in [0.4, 0.5) is 15.9 Å². The molecule has 0 saturated carbocycles. The number of anilines is 2. The number of carbonyl (C=O) groups excluding carboxylic acids is 1. The molecule has 0 saturated heterocycles. The van der Waals surface area contributed by atoms with Crippen LogP contribution in [0, 0.1) is 5.82 Å². The first-order valence-corrected chi connectivity index (χ1v) is 8.84. The van der Waals surface area contributed by atoms with Crippen molar-refractivity contribution in [3.63, 3.8) is 0 Å². The fourth-order valence-corrected chi connectivity index (χ4v) is 2.54. The van der Waals surface area contributed by atoms with Crippen molar-refractivity contribution in [2.75, 3.05) is 17.2 Å². The second-order valence-electron chi connectivity index (χ2n) is 6.09. The molecule has 0 unspecified atom stereocenters. The smallest absolute Gasteiger partial charge is 0.275 e. The van der Waals surface area contributed by atoms with E-state index in [1.807, 2.05) is 24.3 Å². The Labute approximate surface area is 157 Å². The van der Waals surface area contributed by atoms with Crippen LogP contribution in [-0.2, 0) is 12.8 Å². The van der Waals surface area contributed by atoms with Gasteiger partial charge in [0.1, 0.15) is 17.3 Å². The minimum Gasteiger partial charge on any atom is -0.368 e. The van der Waals surface area contributed by atoms with Crippen LogP contribution in [0.3, 0.4) is 0 Å². The Morgan fingerprint density at radius 2 is 1.67 bits per heavy atom. The topological polar surface area (TPSA) is 66.9 Å². The molecule has 0 bridgehead atoms. The highest BCUT2D eigenvalue weighted by Crippen LogP contribution is 2.11. The third kappa shape index (κ3) is 5.34. The Morgan fingerprint density at radius 1 is 0.963 bits per heavy atom. The van der Waals surface area contributed by atoms with E-state index < -0.39 is 0 Å². The highest BCUT2D eigenvalue weighted by atomic mass is 19.1. The minimum atomic E-state index is -0.301. The molecule has 0 aliphatic rings. The molecule has 5 nitrogen and oxygen atoms in total. The summed E-state index contributed by atoms with van der Waals surface area (Å²) in [6.07, 6.45) is 4.66. The quantitative estimate of drug-likeness (QED) is 0.663. The van der Waals surface area contributed by atoms with Crippen LogP contribution < -0.4 is 10.6 Å². The molecule has 27 heavy (non-hydrogen) atoms. The number of benzene rings is 2. The number of aryl methyl sites for hydroxylation is 1. The zero-order valence-corrected chi connectivity index (χ0v) is 15.1. The van der Waals surface area contributed by atoms with E-state index in [9.17, 15) is 9.18 Å². The predicted molar refractivity (Wildman–Crippen MR) is 104 cm³/mol. The van der Waals surface area contributed by atoms with Gasteiger partial charge in [0.05, 0.1) is 12.4 Å². The van der Waals surface area contributed by atoms with Crippen molar-refractivity contribution in [1.82, 2.24) is 9.97 Å². The molecule has 3 aromatic rings. The summed E-state index contributed by atoms with van der Waals surface area (Å²) < 4.78 is 12.9. The van der Waals surface area contributed by atoms with Gasteiger partial charge >= 0.3 is 0 Å². The first-order valence-electron chi connectivity index (χ1n) is 8.84. The first kappa shape index (κ1) is 18.5. The van der Waals surface area contributed by atoms with Crippen molar-refractivity contribution in [3.05, 3.63) is 83.6 Å². The van der Waals surface area contributed by atoms with Gasteiger partial charge in [-0.3, -0.25) is 4.79 Å². The highest BCUT2D eigenvalue weighted by Gasteiger charge is 2.08. The zero-order valence-electron chi connectivity index (χ0n) is 15.1. The molecule has 1 amide bonds. The number of halogens is 1. The van der Waals surface area contributed by atoms with E-state index in [2.05, 4.69) is 27.5 Å². The van der Waals surface area contributed by atoms with Crippen molar-refractivity contribution in [1.29, 1.82) is 0 Å². The lowest BCUT2D eigenvalue weighted by atomic mass is 10.1. The highest BCUT2D eigenvalue weighted by molar-refractivity contribution is 6.02.